The fourth-order valence-electron chi connectivity index (χ4n) is 1.83. The van der Waals surface area contributed by atoms with E-state index >= 15 is 0 Å². The topological polar surface area (TPSA) is 54.8 Å². The van der Waals surface area contributed by atoms with E-state index in [4.69, 9.17) is 23.2 Å². The predicted octanol–water partition coefficient (Wildman–Crippen LogP) is 3.52. The fraction of sp³-hybridized carbons (Fsp3) is 0.385. The molecule has 0 aromatic carbocycles. The van der Waals surface area contributed by atoms with Crippen LogP contribution in [0.3, 0.4) is 0 Å². The monoisotopic (exact) mass is 313 g/mol. The van der Waals surface area contributed by atoms with E-state index in [-0.39, 0.29) is 6.04 Å². The van der Waals surface area contributed by atoms with Crippen LogP contribution in [-0.4, -0.2) is 27.4 Å². The molecule has 2 heterocycles. The van der Waals surface area contributed by atoms with Gasteiger partial charge in [0.15, 0.2) is 0 Å². The van der Waals surface area contributed by atoms with E-state index < -0.39 is 0 Å². The molecule has 0 saturated heterocycles. The average Bonchev–Trinajstić information content (AvgIpc) is 2.88. The summed E-state index contributed by atoms with van der Waals surface area (Å²) in [5.41, 5.74) is 0. The molecule has 1 unspecified atom stereocenters. The lowest BCUT2D eigenvalue weighted by Crippen LogP contribution is -2.23. The highest BCUT2D eigenvalue weighted by molar-refractivity contribution is 6.37. The summed E-state index contributed by atoms with van der Waals surface area (Å²) in [4.78, 5) is 4.42. The van der Waals surface area contributed by atoms with Gasteiger partial charge in [0.25, 0.3) is 0 Å². The maximum atomic E-state index is 6.17. The van der Waals surface area contributed by atoms with E-state index in [0.717, 1.165) is 13.1 Å². The molecule has 0 aliphatic rings. The number of aromatic nitrogens is 3. The number of nitrogens with one attached hydrogen (secondary N) is 2. The van der Waals surface area contributed by atoms with Crippen molar-refractivity contribution in [2.24, 2.45) is 0 Å². The molecule has 0 bridgehead atoms. The molecule has 2 aromatic rings. The standard InChI is InChI=1S/C13H17Cl2N5/c1-3-16-12-10(14)7-11(15)13(19-12)18-9(2)8-20-6-4-5-17-20/h4-7,9H,3,8H2,1-2H3,(H2,16,18,19). The molecule has 20 heavy (non-hydrogen) atoms. The molecule has 0 fully saturated rings. The Bertz CT molecular complexity index is 556. The van der Waals surface area contributed by atoms with Crippen molar-refractivity contribution in [3.05, 3.63) is 34.6 Å². The van der Waals surface area contributed by atoms with Crippen molar-refractivity contribution in [2.45, 2.75) is 26.4 Å². The van der Waals surface area contributed by atoms with E-state index in [1.165, 1.54) is 0 Å². The van der Waals surface area contributed by atoms with Gasteiger partial charge in [0.2, 0.25) is 0 Å². The van der Waals surface area contributed by atoms with Crippen molar-refractivity contribution in [3.63, 3.8) is 0 Å². The Hall–Kier alpha value is -1.46. The highest BCUT2D eigenvalue weighted by Gasteiger charge is 2.11. The highest BCUT2D eigenvalue weighted by atomic mass is 35.5. The average molecular weight is 314 g/mol. The third-order valence-corrected chi connectivity index (χ3v) is 3.25. The molecule has 1 atom stereocenters. The van der Waals surface area contributed by atoms with Crippen LogP contribution in [0.2, 0.25) is 10.0 Å². The Morgan fingerprint density at radius 1 is 1.30 bits per heavy atom. The fourth-order valence-corrected chi connectivity index (χ4v) is 2.31. The molecule has 5 nitrogen and oxygen atoms in total. The Morgan fingerprint density at radius 2 is 2.05 bits per heavy atom. The summed E-state index contributed by atoms with van der Waals surface area (Å²) in [6.45, 7) is 5.50. The summed E-state index contributed by atoms with van der Waals surface area (Å²) in [6.07, 6.45) is 3.67. The van der Waals surface area contributed by atoms with Gasteiger partial charge in [0.1, 0.15) is 11.6 Å². The maximum absolute atomic E-state index is 6.17. The molecule has 0 aliphatic carbocycles. The third-order valence-electron chi connectivity index (χ3n) is 2.68. The van der Waals surface area contributed by atoms with Gasteiger partial charge in [-0.25, -0.2) is 4.98 Å². The molecular formula is C13H17Cl2N5. The van der Waals surface area contributed by atoms with Gasteiger partial charge in [-0.1, -0.05) is 23.2 Å². The number of nitrogens with zero attached hydrogens (tertiary/aromatic N) is 3. The van der Waals surface area contributed by atoms with E-state index in [0.29, 0.717) is 21.7 Å². The van der Waals surface area contributed by atoms with Crippen molar-refractivity contribution in [3.8, 4) is 0 Å². The quantitative estimate of drug-likeness (QED) is 0.856. The molecule has 0 saturated carbocycles. The van der Waals surface area contributed by atoms with Crippen LogP contribution in [0.1, 0.15) is 13.8 Å². The largest absolute Gasteiger partial charge is 0.369 e. The van der Waals surface area contributed by atoms with E-state index in [1.807, 2.05) is 30.8 Å². The van der Waals surface area contributed by atoms with Gasteiger partial charge in [-0.15, -0.1) is 0 Å². The van der Waals surface area contributed by atoms with Crippen LogP contribution in [0, 0.1) is 0 Å². The first kappa shape index (κ1) is 14.9. The summed E-state index contributed by atoms with van der Waals surface area (Å²) in [6, 6.07) is 3.72. The van der Waals surface area contributed by atoms with Crippen molar-refractivity contribution >= 4 is 34.8 Å². The van der Waals surface area contributed by atoms with Gasteiger partial charge in [0, 0.05) is 25.0 Å². The Morgan fingerprint density at radius 3 is 2.70 bits per heavy atom. The first-order chi connectivity index (χ1) is 9.60. The third kappa shape index (κ3) is 3.77. The number of halogens is 2. The smallest absolute Gasteiger partial charge is 0.147 e. The number of anilines is 2. The number of pyridine rings is 1. The normalized spacial score (nSPS) is 12.2. The van der Waals surface area contributed by atoms with Crippen LogP contribution >= 0.6 is 23.2 Å². The zero-order valence-electron chi connectivity index (χ0n) is 11.4. The summed E-state index contributed by atoms with van der Waals surface area (Å²) in [7, 11) is 0. The van der Waals surface area contributed by atoms with E-state index in [9.17, 15) is 0 Å². The second-order valence-corrected chi connectivity index (χ2v) is 5.27. The lowest BCUT2D eigenvalue weighted by Gasteiger charge is -2.17. The summed E-state index contributed by atoms with van der Waals surface area (Å²) >= 11 is 12.2. The molecule has 7 heteroatoms. The summed E-state index contributed by atoms with van der Waals surface area (Å²) in [5.74, 6) is 1.25. The Kier molecular flexibility index (Phi) is 5.09. The van der Waals surface area contributed by atoms with Crippen LogP contribution in [0.15, 0.2) is 24.5 Å². The minimum Gasteiger partial charge on any atom is -0.369 e. The zero-order valence-corrected chi connectivity index (χ0v) is 12.9. The van der Waals surface area contributed by atoms with Gasteiger partial charge >= 0.3 is 0 Å². The predicted molar refractivity (Wildman–Crippen MR) is 83.7 cm³/mol. The molecule has 0 radical (unpaired) electrons. The molecular weight excluding hydrogens is 297 g/mol. The van der Waals surface area contributed by atoms with Crippen molar-refractivity contribution < 1.29 is 0 Å². The zero-order chi connectivity index (χ0) is 14.5. The molecule has 2 rings (SSSR count). The van der Waals surface area contributed by atoms with Crippen molar-refractivity contribution in [1.82, 2.24) is 14.8 Å². The van der Waals surface area contributed by atoms with E-state index in [2.05, 4.69) is 20.7 Å². The van der Waals surface area contributed by atoms with Crippen LogP contribution < -0.4 is 10.6 Å². The number of hydrogen-bond acceptors (Lipinski definition) is 4. The number of rotatable bonds is 6. The number of hydrogen-bond donors (Lipinski definition) is 2. The first-order valence-corrected chi connectivity index (χ1v) is 7.19. The van der Waals surface area contributed by atoms with Crippen LogP contribution in [0.5, 0.6) is 0 Å². The highest BCUT2D eigenvalue weighted by Crippen LogP contribution is 2.29. The molecule has 0 amide bonds. The minimum atomic E-state index is 0.135. The van der Waals surface area contributed by atoms with Crippen LogP contribution in [-0.2, 0) is 6.54 Å². The van der Waals surface area contributed by atoms with Gasteiger partial charge < -0.3 is 10.6 Å². The summed E-state index contributed by atoms with van der Waals surface area (Å²) in [5, 5.41) is 11.6. The molecule has 2 N–H and O–H groups in total. The SMILES string of the molecule is CCNc1nc(NC(C)Cn2cccn2)c(Cl)cc1Cl. The molecule has 108 valence electrons. The van der Waals surface area contributed by atoms with Crippen LogP contribution in [0.25, 0.3) is 0 Å². The molecule has 0 aliphatic heterocycles. The van der Waals surface area contributed by atoms with Gasteiger partial charge in [-0.3, -0.25) is 4.68 Å². The summed E-state index contributed by atoms with van der Waals surface area (Å²) < 4.78 is 1.85. The second-order valence-electron chi connectivity index (χ2n) is 4.45. The lowest BCUT2D eigenvalue weighted by atomic mass is 10.3. The van der Waals surface area contributed by atoms with Gasteiger partial charge in [-0.05, 0) is 26.0 Å². The van der Waals surface area contributed by atoms with Crippen molar-refractivity contribution in [1.29, 1.82) is 0 Å². The molecule has 0 spiro atoms. The van der Waals surface area contributed by atoms with Crippen molar-refractivity contribution in [2.75, 3.05) is 17.2 Å². The van der Waals surface area contributed by atoms with Gasteiger partial charge in [-0.2, -0.15) is 5.10 Å². The van der Waals surface area contributed by atoms with Crippen LogP contribution in [0.4, 0.5) is 11.6 Å². The second kappa shape index (κ2) is 6.81. The minimum absolute atomic E-state index is 0.135. The Balaban J connectivity index is 2.09. The van der Waals surface area contributed by atoms with E-state index in [1.54, 1.807) is 12.3 Å². The van der Waals surface area contributed by atoms with Gasteiger partial charge in [0.05, 0.1) is 16.6 Å². The first-order valence-electron chi connectivity index (χ1n) is 6.44. The molecule has 2 aromatic heterocycles. The Labute approximate surface area is 128 Å². The maximum Gasteiger partial charge on any atom is 0.147 e. The lowest BCUT2D eigenvalue weighted by molar-refractivity contribution is 0.560.